The first-order valence-electron chi connectivity index (χ1n) is 11.5. The molecule has 0 radical (unpaired) electrons. The number of hydrogen-bond donors (Lipinski definition) is 1. The third kappa shape index (κ3) is 6.71. The molecule has 0 spiro atoms. The zero-order valence-corrected chi connectivity index (χ0v) is 23.3. The fourth-order valence-electron chi connectivity index (χ4n) is 3.76. The van der Waals surface area contributed by atoms with Gasteiger partial charge in [0, 0.05) is 11.8 Å². The molecule has 0 aliphatic carbocycles. The predicted molar refractivity (Wildman–Crippen MR) is 144 cm³/mol. The van der Waals surface area contributed by atoms with Crippen LogP contribution in [0.5, 0.6) is 5.88 Å². The summed E-state index contributed by atoms with van der Waals surface area (Å²) in [7, 11) is 0. The average Bonchev–Trinajstić information content (AvgIpc) is 2.78. The minimum Gasteiger partial charge on any atom is -0.474 e. The maximum Gasteiger partial charge on any atom is 0.227 e. The highest BCUT2D eigenvalue weighted by Gasteiger charge is 2.25. The van der Waals surface area contributed by atoms with Gasteiger partial charge in [0.05, 0.1) is 63.5 Å². The standard InChI is InChI=1S/C26H31Cl3N2O5/c1-16-13-20(33)21-23(31(16)22-17(27)7-6-8-18(22)28)19(29)14-30-24(21)34-15-26(4,5)35-11-9-25(2,3)36-12-10-32/h6-8,13-14,32H,9-12,15H2,1-5H3. The van der Waals surface area contributed by atoms with Gasteiger partial charge in [0.1, 0.15) is 12.0 Å². The van der Waals surface area contributed by atoms with Gasteiger partial charge in [0.25, 0.3) is 0 Å². The number of aryl methyl sites for hydroxylation is 1. The van der Waals surface area contributed by atoms with Crippen molar-refractivity contribution in [2.45, 2.75) is 52.2 Å². The van der Waals surface area contributed by atoms with E-state index in [2.05, 4.69) is 4.98 Å². The summed E-state index contributed by atoms with van der Waals surface area (Å²) in [5, 5.41) is 10.3. The van der Waals surface area contributed by atoms with E-state index >= 15 is 0 Å². The summed E-state index contributed by atoms with van der Waals surface area (Å²) in [6.45, 7) is 10.2. The fourth-order valence-corrected chi connectivity index (χ4v) is 4.55. The number of fused-ring (bicyclic) bond motifs is 1. The molecule has 10 heteroatoms. The van der Waals surface area contributed by atoms with Gasteiger partial charge in [-0.15, -0.1) is 0 Å². The topological polar surface area (TPSA) is 82.8 Å². The highest BCUT2D eigenvalue weighted by Crippen LogP contribution is 2.36. The second kappa shape index (κ2) is 11.7. The number of para-hydroxylation sites is 1. The predicted octanol–water partition coefficient (Wildman–Crippen LogP) is 6.01. The molecule has 1 N–H and O–H groups in total. The number of aromatic nitrogens is 2. The van der Waals surface area contributed by atoms with Crippen molar-refractivity contribution in [1.29, 1.82) is 0 Å². The van der Waals surface area contributed by atoms with Gasteiger partial charge in [-0.1, -0.05) is 40.9 Å². The van der Waals surface area contributed by atoms with Crippen LogP contribution in [0.2, 0.25) is 15.1 Å². The summed E-state index contributed by atoms with van der Waals surface area (Å²) in [5.41, 5.74) is 0.123. The van der Waals surface area contributed by atoms with Crippen molar-refractivity contribution in [1.82, 2.24) is 9.55 Å². The lowest BCUT2D eigenvalue weighted by Crippen LogP contribution is -2.35. The number of ether oxygens (including phenoxy) is 3. The molecule has 0 amide bonds. The van der Waals surface area contributed by atoms with Gasteiger partial charge in [-0.3, -0.25) is 4.79 Å². The van der Waals surface area contributed by atoms with Crippen LogP contribution in [0.1, 0.15) is 39.8 Å². The van der Waals surface area contributed by atoms with Gasteiger partial charge in [0.15, 0.2) is 5.43 Å². The first-order valence-corrected chi connectivity index (χ1v) is 12.7. The zero-order chi connectivity index (χ0) is 26.7. The lowest BCUT2D eigenvalue weighted by atomic mass is 10.1. The number of hydrogen-bond acceptors (Lipinski definition) is 6. The second-order valence-electron chi connectivity index (χ2n) is 9.67. The molecule has 36 heavy (non-hydrogen) atoms. The molecule has 3 rings (SSSR count). The van der Waals surface area contributed by atoms with Gasteiger partial charge < -0.3 is 23.9 Å². The molecule has 0 saturated carbocycles. The summed E-state index contributed by atoms with van der Waals surface area (Å²) in [6, 6.07) is 6.65. The zero-order valence-electron chi connectivity index (χ0n) is 21.0. The van der Waals surface area contributed by atoms with E-state index in [9.17, 15) is 4.79 Å². The van der Waals surface area contributed by atoms with Crippen molar-refractivity contribution >= 4 is 45.7 Å². The lowest BCUT2D eigenvalue weighted by molar-refractivity contribution is -0.0885. The Morgan fingerprint density at radius 2 is 1.64 bits per heavy atom. The van der Waals surface area contributed by atoms with E-state index in [-0.39, 0.29) is 41.5 Å². The lowest BCUT2D eigenvalue weighted by Gasteiger charge is -2.29. The van der Waals surface area contributed by atoms with E-state index in [0.29, 0.717) is 40.0 Å². The Bertz CT molecular complexity index is 1270. The van der Waals surface area contributed by atoms with E-state index in [4.69, 9.17) is 54.1 Å². The van der Waals surface area contributed by atoms with Gasteiger partial charge in [0.2, 0.25) is 5.88 Å². The minimum atomic E-state index is -0.684. The number of nitrogens with zero attached hydrogens (tertiary/aromatic N) is 2. The molecule has 7 nitrogen and oxygen atoms in total. The fraction of sp³-hybridized carbons (Fsp3) is 0.462. The van der Waals surface area contributed by atoms with Gasteiger partial charge in [-0.2, -0.15) is 0 Å². The summed E-state index contributed by atoms with van der Waals surface area (Å²) in [6.07, 6.45) is 2.06. The van der Waals surface area contributed by atoms with Crippen LogP contribution in [0.3, 0.4) is 0 Å². The van der Waals surface area contributed by atoms with E-state index < -0.39 is 11.2 Å². The van der Waals surface area contributed by atoms with Crippen LogP contribution in [-0.4, -0.2) is 52.3 Å². The molecule has 0 aliphatic heterocycles. The van der Waals surface area contributed by atoms with Crippen molar-refractivity contribution in [3.8, 4) is 11.6 Å². The monoisotopic (exact) mass is 556 g/mol. The Morgan fingerprint density at radius 1 is 1.00 bits per heavy atom. The smallest absolute Gasteiger partial charge is 0.227 e. The Balaban J connectivity index is 1.91. The largest absolute Gasteiger partial charge is 0.474 e. The summed E-state index contributed by atoms with van der Waals surface area (Å²) < 4.78 is 19.4. The molecule has 0 atom stereocenters. The van der Waals surface area contributed by atoms with Gasteiger partial charge >= 0.3 is 0 Å². The summed E-state index contributed by atoms with van der Waals surface area (Å²) >= 11 is 19.5. The number of pyridine rings is 2. The summed E-state index contributed by atoms with van der Waals surface area (Å²) in [5.74, 6) is 0.139. The minimum absolute atomic E-state index is 0.0322. The Hall–Kier alpha value is -1.87. The summed E-state index contributed by atoms with van der Waals surface area (Å²) in [4.78, 5) is 17.4. The average molecular weight is 558 g/mol. The molecule has 196 valence electrons. The Morgan fingerprint density at radius 3 is 2.28 bits per heavy atom. The number of rotatable bonds is 11. The SMILES string of the molecule is Cc1cc(=O)c2c(OCC(C)(C)OCCC(C)(C)OCCO)ncc(Cl)c2n1-c1c(Cl)cccc1Cl. The quantitative estimate of drug-likeness (QED) is 0.311. The van der Waals surface area contributed by atoms with Crippen molar-refractivity contribution in [3.63, 3.8) is 0 Å². The highest BCUT2D eigenvalue weighted by atomic mass is 35.5. The Labute approximate surface area is 225 Å². The molecule has 2 heterocycles. The van der Waals surface area contributed by atoms with Crippen LogP contribution >= 0.6 is 34.8 Å². The normalized spacial score (nSPS) is 12.4. The van der Waals surface area contributed by atoms with Crippen LogP contribution in [0.15, 0.2) is 35.3 Å². The molecule has 3 aromatic rings. The van der Waals surface area contributed by atoms with E-state index in [1.165, 1.54) is 12.3 Å². The second-order valence-corrected chi connectivity index (χ2v) is 10.9. The van der Waals surface area contributed by atoms with Crippen LogP contribution in [0, 0.1) is 6.92 Å². The maximum atomic E-state index is 13.1. The molecule has 0 aliphatic rings. The molecule has 1 aromatic carbocycles. The molecular formula is C26H31Cl3N2O5. The molecule has 0 unspecified atom stereocenters. The van der Waals surface area contributed by atoms with Crippen molar-refractivity contribution in [2.24, 2.45) is 0 Å². The first kappa shape index (κ1) is 28.7. The Kier molecular flexibility index (Phi) is 9.30. The van der Waals surface area contributed by atoms with Crippen LogP contribution in [0.25, 0.3) is 16.6 Å². The van der Waals surface area contributed by atoms with Crippen LogP contribution in [-0.2, 0) is 9.47 Å². The third-order valence-corrected chi connectivity index (χ3v) is 6.52. The third-order valence-electron chi connectivity index (χ3n) is 5.63. The number of halogens is 3. The van der Waals surface area contributed by atoms with E-state index in [1.54, 1.807) is 29.7 Å². The highest BCUT2D eigenvalue weighted by molar-refractivity contribution is 6.38. The molecule has 0 bridgehead atoms. The van der Waals surface area contributed by atoms with Crippen LogP contribution in [0.4, 0.5) is 0 Å². The van der Waals surface area contributed by atoms with E-state index in [0.717, 1.165) is 0 Å². The van der Waals surface area contributed by atoms with Gasteiger partial charge in [-0.25, -0.2) is 4.98 Å². The number of benzene rings is 1. The van der Waals surface area contributed by atoms with Crippen molar-refractivity contribution in [2.75, 3.05) is 26.4 Å². The van der Waals surface area contributed by atoms with Crippen molar-refractivity contribution < 1.29 is 19.3 Å². The van der Waals surface area contributed by atoms with Crippen molar-refractivity contribution in [3.05, 3.63) is 61.4 Å². The van der Waals surface area contributed by atoms with Crippen LogP contribution < -0.4 is 10.2 Å². The maximum absolute atomic E-state index is 13.1. The number of aliphatic hydroxyl groups is 1. The number of aliphatic hydroxyl groups excluding tert-OH is 1. The molecule has 0 saturated heterocycles. The molecule has 0 fully saturated rings. The molecular weight excluding hydrogens is 527 g/mol. The van der Waals surface area contributed by atoms with E-state index in [1.807, 2.05) is 27.7 Å². The molecule has 2 aromatic heterocycles. The van der Waals surface area contributed by atoms with Gasteiger partial charge in [-0.05, 0) is 53.2 Å². The first-order chi connectivity index (χ1) is 16.9.